The molecule has 1 aromatic rings. The number of rotatable bonds is 8. The Labute approximate surface area is 110 Å². The molecule has 2 nitrogen and oxygen atoms in total. The average molecular weight is 242 g/mol. The molecule has 96 valence electrons. The Balaban J connectivity index is 2.17. The molecule has 2 heteroatoms. The van der Waals surface area contributed by atoms with Gasteiger partial charge in [-0.3, -0.25) is 0 Å². The molecule has 1 rings (SSSR count). The second kappa shape index (κ2) is 9.25. The summed E-state index contributed by atoms with van der Waals surface area (Å²) in [5, 5.41) is 6.74. The van der Waals surface area contributed by atoms with Gasteiger partial charge in [0.2, 0.25) is 0 Å². The van der Waals surface area contributed by atoms with E-state index in [4.69, 9.17) is 0 Å². The van der Waals surface area contributed by atoms with E-state index in [1.54, 1.807) is 0 Å². The smallest absolute Gasteiger partial charge is 0.0340 e. The maximum absolute atomic E-state index is 3.80. The number of anilines is 1. The molecule has 2 N–H and O–H groups in total. The van der Waals surface area contributed by atoms with Crippen molar-refractivity contribution in [1.29, 1.82) is 0 Å². The Morgan fingerprint density at radius 1 is 1.22 bits per heavy atom. The maximum Gasteiger partial charge on any atom is 0.0340 e. The van der Waals surface area contributed by atoms with Crippen LogP contribution >= 0.6 is 0 Å². The summed E-state index contributed by atoms with van der Waals surface area (Å²) < 4.78 is 0. The van der Waals surface area contributed by atoms with E-state index in [1.165, 1.54) is 5.57 Å². The van der Waals surface area contributed by atoms with Crippen LogP contribution in [0.1, 0.15) is 6.92 Å². The van der Waals surface area contributed by atoms with Gasteiger partial charge >= 0.3 is 0 Å². The first-order chi connectivity index (χ1) is 8.86. The van der Waals surface area contributed by atoms with Gasteiger partial charge in [0, 0.05) is 25.3 Å². The van der Waals surface area contributed by atoms with Gasteiger partial charge in [-0.25, -0.2) is 0 Å². The van der Waals surface area contributed by atoms with Crippen LogP contribution in [0.3, 0.4) is 0 Å². The molecule has 0 saturated heterocycles. The molecule has 0 heterocycles. The van der Waals surface area contributed by atoms with Gasteiger partial charge in [0.15, 0.2) is 0 Å². The van der Waals surface area contributed by atoms with E-state index in [1.807, 2.05) is 43.4 Å². The normalized spacial score (nSPS) is 11.7. The van der Waals surface area contributed by atoms with E-state index in [0.29, 0.717) is 0 Å². The minimum Gasteiger partial charge on any atom is -0.384 e. The summed E-state index contributed by atoms with van der Waals surface area (Å²) in [4.78, 5) is 0. The predicted octanol–water partition coefficient (Wildman–Crippen LogP) is 3.38. The number of para-hydroxylation sites is 1. The van der Waals surface area contributed by atoms with E-state index in [9.17, 15) is 0 Å². The van der Waals surface area contributed by atoms with Gasteiger partial charge in [0.05, 0.1) is 0 Å². The summed E-state index contributed by atoms with van der Waals surface area (Å²) in [6, 6.07) is 10.2. The fraction of sp³-hybridized carbons (Fsp3) is 0.250. The quantitative estimate of drug-likeness (QED) is 0.539. The molecule has 0 unspecified atom stereocenters. The average Bonchev–Trinajstić information content (AvgIpc) is 2.43. The molecule has 0 radical (unpaired) electrons. The van der Waals surface area contributed by atoms with Gasteiger partial charge in [-0.2, -0.15) is 0 Å². The molecule has 0 aromatic heterocycles. The molecule has 0 aliphatic rings. The van der Waals surface area contributed by atoms with Crippen LogP contribution in [-0.2, 0) is 0 Å². The van der Waals surface area contributed by atoms with E-state index >= 15 is 0 Å². The Bertz CT molecular complexity index is 391. The van der Waals surface area contributed by atoms with Crippen LogP contribution in [0.4, 0.5) is 5.69 Å². The third-order valence-electron chi connectivity index (χ3n) is 2.50. The van der Waals surface area contributed by atoms with Crippen molar-refractivity contribution in [2.24, 2.45) is 0 Å². The lowest BCUT2D eigenvalue weighted by Gasteiger charge is -2.08. The van der Waals surface area contributed by atoms with Crippen molar-refractivity contribution in [3.8, 4) is 0 Å². The highest BCUT2D eigenvalue weighted by Gasteiger charge is 1.91. The summed E-state index contributed by atoms with van der Waals surface area (Å²) in [5.74, 6) is 0. The molecule has 0 fully saturated rings. The molecule has 18 heavy (non-hydrogen) atoms. The monoisotopic (exact) mass is 242 g/mol. The summed E-state index contributed by atoms with van der Waals surface area (Å²) in [6.45, 7) is 8.50. The highest BCUT2D eigenvalue weighted by atomic mass is 14.9. The predicted molar refractivity (Wildman–Crippen MR) is 80.9 cm³/mol. The second-order valence-corrected chi connectivity index (χ2v) is 3.94. The molecule has 0 amide bonds. The van der Waals surface area contributed by atoms with Gasteiger partial charge in [0.1, 0.15) is 0 Å². The molecule has 0 aliphatic heterocycles. The fourth-order valence-electron chi connectivity index (χ4n) is 1.50. The number of hydrogen-bond acceptors (Lipinski definition) is 2. The van der Waals surface area contributed by atoms with Crippen molar-refractivity contribution >= 4 is 5.69 Å². The highest BCUT2D eigenvalue weighted by molar-refractivity contribution is 5.42. The Kier molecular flexibility index (Phi) is 7.33. The first-order valence-electron chi connectivity index (χ1n) is 6.30. The highest BCUT2D eigenvalue weighted by Crippen LogP contribution is 2.03. The zero-order chi connectivity index (χ0) is 13.1. The molecular formula is C16H22N2. The number of benzene rings is 1. The van der Waals surface area contributed by atoms with Crippen LogP contribution in [-0.4, -0.2) is 19.6 Å². The van der Waals surface area contributed by atoms with E-state index in [0.717, 1.165) is 25.3 Å². The second-order valence-electron chi connectivity index (χ2n) is 3.94. The van der Waals surface area contributed by atoms with Crippen molar-refractivity contribution in [1.82, 2.24) is 5.32 Å². The Morgan fingerprint density at radius 2 is 2.00 bits per heavy atom. The maximum atomic E-state index is 3.80. The van der Waals surface area contributed by atoms with Crippen LogP contribution in [0, 0.1) is 0 Å². The molecular weight excluding hydrogens is 220 g/mol. The van der Waals surface area contributed by atoms with Crippen molar-refractivity contribution in [2.45, 2.75) is 6.92 Å². The molecule has 0 saturated carbocycles. The largest absolute Gasteiger partial charge is 0.384 e. The Morgan fingerprint density at radius 3 is 2.67 bits per heavy atom. The topological polar surface area (TPSA) is 24.1 Å². The zero-order valence-corrected chi connectivity index (χ0v) is 11.0. The van der Waals surface area contributed by atoms with Crippen LogP contribution in [0.5, 0.6) is 0 Å². The van der Waals surface area contributed by atoms with Crippen LogP contribution < -0.4 is 10.6 Å². The van der Waals surface area contributed by atoms with Crippen molar-refractivity contribution < 1.29 is 0 Å². The SMILES string of the molecule is C=C/C(=C\C=C/C)CNCCNc1ccccc1. The number of nitrogens with one attached hydrogen (secondary N) is 2. The first kappa shape index (κ1) is 14.3. The van der Waals surface area contributed by atoms with Gasteiger partial charge in [-0.1, -0.05) is 49.1 Å². The van der Waals surface area contributed by atoms with Crippen molar-refractivity contribution in [3.63, 3.8) is 0 Å². The third-order valence-corrected chi connectivity index (χ3v) is 2.50. The molecule has 0 spiro atoms. The summed E-state index contributed by atoms with van der Waals surface area (Å²) in [5.41, 5.74) is 2.36. The van der Waals surface area contributed by atoms with Crippen LogP contribution in [0.2, 0.25) is 0 Å². The molecule has 1 aromatic carbocycles. The molecule has 0 bridgehead atoms. The summed E-state index contributed by atoms with van der Waals surface area (Å²) >= 11 is 0. The summed E-state index contributed by atoms with van der Waals surface area (Å²) in [7, 11) is 0. The lowest BCUT2D eigenvalue weighted by atomic mass is 10.2. The summed E-state index contributed by atoms with van der Waals surface area (Å²) in [6.07, 6.45) is 8.00. The van der Waals surface area contributed by atoms with Crippen LogP contribution in [0.15, 0.2) is 66.8 Å². The van der Waals surface area contributed by atoms with E-state index in [-0.39, 0.29) is 0 Å². The third kappa shape index (κ3) is 6.06. The van der Waals surface area contributed by atoms with Gasteiger partial charge < -0.3 is 10.6 Å². The molecule has 0 aliphatic carbocycles. The standard InChI is InChI=1S/C16H22N2/c1-3-5-9-15(4-2)14-17-12-13-18-16-10-7-6-8-11-16/h3-11,17-18H,2,12-14H2,1H3/b5-3-,15-9+. The Hall–Kier alpha value is -1.80. The van der Waals surface area contributed by atoms with Gasteiger partial charge in [-0.05, 0) is 24.6 Å². The van der Waals surface area contributed by atoms with Crippen molar-refractivity contribution in [3.05, 3.63) is 66.8 Å². The van der Waals surface area contributed by atoms with E-state index < -0.39 is 0 Å². The lowest BCUT2D eigenvalue weighted by Crippen LogP contribution is -2.23. The first-order valence-corrected chi connectivity index (χ1v) is 6.30. The number of allylic oxidation sites excluding steroid dienone is 3. The fourth-order valence-corrected chi connectivity index (χ4v) is 1.50. The van der Waals surface area contributed by atoms with Crippen molar-refractivity contribution in [2.75, 3.05) is 25.0 Å². The number of hydrogen-bond donors (Lipinski definition) is 2. The minimum absolute atomic E-state index is 0.851. The molecule has 0 atom stereocenters. The van der Waals surface area contributed by atoms with Gasteiger partial charge in [-0.15, -0.1) is 0 Å². The zero-order valence-electron chi connectivity index (χ0n) is 11.0. The minimum atomic E-state index is 0.851. The van der Waals surface area contributed by atoms with E-state index in [2.05, 4.69) is 35.4 Å². The van der Waals surface area contributed by atoms with Crippen LogP contribution in [0.25, 0.3) is 0 Å². The van der Waals surface area contributed by atoms with Gasteiger partial charge in [0.25, 0.3) is 0 Å². The lowest BCUT2D eigenvalue weighted by molar-refractivity contribution is 0.758.